The molecule has 0 spiro atoms. The molecule has 1 atom stereocenters. The third-order valence-corrected chi connectivity index (χ3v) is 1.94. The van der Waals surface area contributed by atoms with Crippen LogP contribution in [0, 0.1) is 19.3 Å². The molecular formula is C10H13NO. The average Bonchev–Trinajstić information content (AvgIpc) is 2.47. The summed E-state index contributed by atoms with van der Waals surface area (Å²) >= 11 is 0. The van der Waals surface area contributed by atoms with Gasteiger partial charge in [-0.05, 0) is 20.0 Å². The third-order valence-electron chi connectivity index (χ3n) is 1.94. The maximum absolute atomic E-state index is 5.24. The molecule has 0 aliphatic carbocycles. The van der Waals surface area contributed by atoms with Crippen molar-refractivity contribution in [2.45, 2.75) is 19.4 Å². The van der Waals surface area contributed by atoms with Crippen LogP contribution >= 0.6 is 0 Å². The summed E-state index contributed by atoms with van der Waals surface area (Å²) in [6.45, 7) is 1.94. The van der Waals surface area contributed by atoms with Gasteiger partial charge in [0.1, 0.15) is 5.76 Å². The molecule has 0 saturated heterocycles. The zero-order valence-corrected chi connectivity index (χ0v) is 7.42. The Labute approximate surface area is 73.0 Å². The molecule has 0 aromatic carbocycles. The lowest BCUT2D eigenvalue weighted by Crippen LogP contribution is -2.15. The van der Waals surface area contributed by atoms with E-state index in [-0.39, 0.29) is 6.04 Å². The van der Waals surface area contributed by atoms with Gasteiger partial charge >= 0.3 is 0 Å². The Morgan fingerprint density at radius 1 is 1.75 bits per heavy atom. The molecule has 0 bridgehead atoms. The molecule has 2 nitrogen and oxygen atoms in total. The molecule has 1 N–H and O–H groups in total. The van der Waals surface area contributed by atoms with E-state index in [0.717, 1.165) is 11.3 Å². The minimum atomic E-state index is 0.216. The van der Waals surface area contributed by atoms with Crippen molar-refractivity contribution in [3.05, 3.63) is 23.7 Å². The Bertz CT molecular complexity index is 282. The summed E-state index contributed by atoms with van der Waals surface area (Å²) in [5.74, 6) is 3.56. The molecule has 1 aromatic heterocycles. The molecule has 1 unspecified atom stereocenters. The van der Waals surface area contributed by atoms with E-state index in [2.05, 4.69) is 11.2 Å². The number of hydrogen-bond acceptors (Lipinski definition) is 2. The minimum Gasteiger partial charge on any atom is -0.469 e. The van der Waals surface area contributed by atoms with Crippen molar-refractivity contribution >= 4 is 0 Å². The number of terminal acetylenes is 1. The van der Waals surface area contributed by atoms with Crippen LogP contribution in [0.15, 0.2) is 16.7 Å². The maximum atomic E-state index is 5.24. The lowest BCUT2D eigenvalue weighted by Gasteiger charge is -2.11. The van der Waals surface area contributed by atoms with E-state index in [0.29, 0.717) is 6.42 Å². The Morgan fingerprint density at radius 2 is 2.50 bits per heavy atom. The SMILES string of the molecule is C#CCC(NC)c1ccoc1C. The van der Waals surface area contributed by atoms with E-state index < -0.39 is 0 Å². The molecule has 0 radical (unpaired) electrons. The van der Waals surface area contributed by atoms with Gasteiger partial charge in [0.05, 0.1) is 6.26 Å². The van der Waals surface area contributed by atoms with Crippen molar-refractivity contribution in [2.75, 3.05) is 7.05 Å². The molecule has 0 aliphatic rings. The third kappa shape index (κ3) is 1.69. The van der Waals surface area contributed by atoms with Crippen LogP contribution in [-0.2, 0) is 0 Å². The highest BCUT2D eigenvalue weighted by Crippen LogP contribution is 2.20. The van der Waals surface area contributed by atoms with Crippen molar-refractivity contribution in [1.82, 2.24) is 5.32 Å². The van der Waals surface area contributed by atoms with Crippen LogP contribution in [-0.4, -0.2) is 7.05 Å². The van der Waals surface area contributed by atoms with E-state index in [1.165, 1.54) is 0 Å². The Balaban J connectivity index is 2.81. The molecule has 1 heterocycles. The molecule has 0 saturated carbocycles. The van der Waals surface area contributed by atoms with Crippen LogP contribution in [0.5, 0.6) is 0 Å². The van der Waals surface area contributed by atoms with Crippen molar-refractivity contribution in [3.8, 4) is 12.3 Å². The van der Waals surface area contributed by atoms with Crippen LogP contribution in [0.2, 0.25) is 0 Å². The first-order valence-corrected chi connectivity index (χ1v) is 3.94. The van der Waals surface area contributed by atoms with E-state index in [4.69, 9.17) is 10.8 Å². The number of nitrogens with one attached hydrogen (secondary N) is 1. The van der Waals surface area contributed by atoms with Crippen LogP contribution in [0.3, 0.4) is 0 Å². The highest BCUT2D eigenvalue weighted by Gasteiger charge is 2.11. The second kappa shape index (κ2) is 3.99. The van der Waals surface area contributed by atoms with Gasteiger partial charge in [-0.2, -0.15) is 0 Å². The second-order valence-electron chi connectivity index (χ2n) is 2.68. The fraction of sp³-hybridized carbons (Fsp3) is 0.400. The normalized spacial score (nSPS) is 12.4. The van der Waals surface area contributed by atoms with Gasteiger partial charge in [0.2, 0.25) is 0 Å². The predicted molar refractivity (Wildman–Crippen MR) is 48.7 cm³/mol. The standard InChI is InChI=1S/C10H13NO/c1-4-5-10(11-3)9-6-7-12-8(9)2/h1,6-7,10-11H,5H2,2-3H3. The summed E-state index contributed by atoms with van der Waals surface area (Å²) in [4.78, 5) is 0. The smallest absolute Gasteiger partial charge is 0.105 e. The molecule has 0 fully saturated rings. The number of hydrogen-bond donors (Lipinski definition) is 1. The summed E-state index contributed by atoms with van der Waals surface area (Å²) in [5.41, 5.74) is 1.15. The minimum absolute atomic E-state index is 0.216. The van der Waals surface area contributed by atoms with Gasteiger partial charge in [-0.1, -0.05) is 0 Å². The maximum Gasteiger partial charge on any atom is 0.105 e. The quantitative estimate of drug-likeness (QED) is 0.688. The first-order valence-electron chi connectivity index (χ1n) is 3.94. The molecule has 0 aliphatic heterocycles. The van der Waals surface area contributed by atoms with Crippen molar-refractivity contribution in [2.24, 2.45) is 0 Å². The zero-order valence-electron chi connectivity index (χ0n) is 7.42. The topological polar surface area (TPSA) is 25.2 Å². The summed E-state index contributed by atoms with van der Waals surface area (Å²) in [6, 6.07) is 2.17. The molecule has 1 aromatic rings. The van der Waals surface area contributed by atoms with Gasteiger partial charge < -0.3 is 9.73 Å². The Hall–Kier alpha value is -1.20. The number of rotatable bonds is 3. The molecule has 12 heavy (non-hydrogen) atoms. The van der Waals surface area contributed by atoms with Crippen LogP contribution < -0.4 is 5.32 Å². The van der Waals surface area contributed by atoms with Gasteiger partial charge in [0.15, 0.2) is 0 Å². The van der Waals surface area contributed by atoms with Gasteiger partial charge in [0, 0.05) is 18.0 Å². The largest absolute Gasteiger partial charge is 0.469 e. The lowest BCUT2D eigenvalue weighted by atomic mass is 10.1. The highest BCUT2D eigenvalue weighted by atomic mass is 16.3. The summed E-state index contributed by atoms with van der Waals surface area (Å²) in [7, 11) is 1.90. The van der Waals surface area contributed by atoms with Crippen LogP contribution in [0.4, 0.5) is 0 Å². The number of furan rings is 1. The Morgan fingerprint density at radius 3 is 2.92 bits per heavy atom. The first kappa shape index (κ1) is 8.89. The monoisotopic (exact) mass is 163 g/mol. The van der Waals surface area contributed by atoms with Gasteiger partial charge in [0.25, 0.3) is 0 Å². The van der Waals surface area contributed by atoms with E-state index in [9.17, 15) is 0 Å². The molecular weight excluding hydrogens is 150 g/mol. The van der Waals surface area contributed by atoms with Crippen molar-refractivity contribution in [1.29, 1.82) is 0 Å². The summed E-state index contributed by atoms with van der Waals surface area (Å²) in [6.07, 6.45) is 7.62. The van der Waals surface area contributed by atoms with E-state index in [1.54, 1.807) is 6.26 Å². The Kier molecular flexibility index (Phi) is 2.95. The first-order chi connectivity index (χ1) is 5.79. The molecule has 0 amide bonds. The van der Waals surface area contributed by atoms with Gasteiger partial charge in [-0.15, -0.1) is 12.3 Å². The zero-order chi connectivity index (χ0) is 8.97. The molecule has 64 valence electrons. The van der Waals surface area contributed by atoms with Crippen molar-refractivity contribution < 1.29 is 4.42 Å². The lowest BCUT2D eigenvalue weighted by molar-refractivity contribution is 0.515. The average molecular weight is 163 g/mol. The molecule has 1 rings (SSSR count). The fourth-order valence-corrected chi connectivity index (χ4v) is 1.24. The number of aryl methyl sites for hydroxylation is 1. The highest BCUT2D eigenvalue weighted by molar-refractivity contribution is 5.21. The summed E-state index contributed by atoms with van der Waals surface area (Å²) in [5, 5.41) is 3.14. The molecule has 2 heteroatoms. The summed E-state index contributed by atoms with van der Waals surface area (Å²) < 4.78 is 5.19. The van der Waals surface area contributed by atoms with Gasteiger partial charge in [-0.3, -0.25) is 0 Å². The van der Waals surface area contributed by atoms with Crippen LogP contribution in [0.25, 0.3) is 0 Å². The van der Waals surface area contributed by atoms with Gasteiger partial charge in [-0.25, -0.2) is 0 Å². The van der Waals surface area contributed by atoms with E-state index in [1.807, 2.05) is 20.0 Å². The fourth-order valence-electron chi connectivity index (χ4n) is 1.24. The van der Waals surface area contributed by atoms with Crippen LogP contribution in [0.1, 0.15) is 23.8 Å². The second-order valence-corrected chi connectivity index (χ2v) is 2.68. The predicted octanol–water partition coefficient (Wildman–Crippen LogP) is 1.87. The van der Waals surface area contributed by atoms with Crippen molar-refractivity contribution in [3.63, 3.8) is 0 Å². The van der Waals surface area contributed by atoms with E-state index >= 15 is 0 Å².